The maximum atomic E-state index is 13.0. The van der Waals surface area contributed by atoms with E-state index in [0.29, 0.717) is 31.6 Å². The van der Waals surface area contributed by atoms with Crippen molar-refractivity contribution in [3.05, 3.63) is 0 Å². The van der Waals surface area contributed by atoms with E-state index >= 15 is 0 Å². The average molecular weight is 1240 g/mol. The quantitative estimate of drug-likeness (QED) is 0.0222. The van der Waals surface area contributed by atoms with Gasteiger partial charge in [0.1, 0.15) is 19.3 Å². The summed E-state index contributed by atoms with van der Waals surface area (Å²) in [4.78, 5) is 72.2. The number of hydrogen-bond acceptors (Lipinski definition) is 15. The summed E-state index contributed by atoms with van der Waals surface area (Å²) in [6.07, 6.45) is 40.3. The number of unbranched alkanes of at least 4 members (excludes halogenated alkanes) is 34. The first-order valence-electron chi connectivity index (χ1n) is 34.0. The molecule has 0 aromatic heterocycles. The van der Waals surface area contributed by atoms with E-state index in [1.165, 1.54) is 141 Å². The average Bonchev–Trinajstić information content (AvgIpc) is 3.50. The number of ether oxygens (including phenoxy) is 4. The molecule has 0 saturated heterocycles. The van der Waals surface area contributed by atoms with E-state index in [1.54, 1.807) is 0 Å². The summed E-state index contributed by atoms with van der Waals surface area (Å²) in [5.41, 5.74) is 0. The van der Waals surface area contributed by atoms with Gasteiger partial charge in [0.15, 0.2) is 12.2 Å². The van der Waals surface area contributed by atoms with Crippen LogP contribution in [0.25, 0.3) is 0 Å². The lowest BCUT2D eigenvalue weighted by molar-refractivity contribution is -0.161. The molecule has 0 rings (SSSR count). The van der Waals surface area contributed by atoms with Gasteiger partial charge in [-0.1, -0.05) is 273 Å². The molecular formula is C65H126O17P2. The molecule has 2 unspecified atom stereocenters. The molecule has 0 spiro atoms. The van der Waals surface area contributed by atoms with E-state index in [9.17, 15) is 43.2 Å². The number of hydrogen-bond donors (Lipinski definition) is 3. The van der Waals surface area contributed by atoms with Gasteiger partial charge in [-0.15, -0.1) is 0 Å². The van der Waals surface area contributed by atoms with Crippen LogP contribution in [0.5, 0.6) is 0 Å². The fourth-order valence-electron chi connectivity index (χ4n) is 9.71. The molecular weight excluding hydrogens is 1110 g/mol. The van der Waals surface area contributed by atoms with Crippen molar-refractivity contribution in [3.63, 3.8) is 0 Å². The van der Waals surface area contributed by atoms with E-state index in [1.807, 2.05) is 0 Å². The van der Waals surface area contributed by atoms with Crippen LogP contribution < -0.4 is 0 Å². The van der Waals surface area contributed by atoms with Crippen LogP contribution in [0.3, 0.4) is 0 Å². The van der Waals surface area contributed by atoms with Gasteiger partial charge in [-0.25, -0.2) is 9.13 Å². The molecule has 0 aromatic rings. The maximum Gasteiger partial charge on any atom is 0.472 e. The molecule has 0 fully saturated rings. The van der Waals surface area contributed by atoms with E-state index in [0.717, 1.165) is 95.8 Å². The molecule has 0 aromatic carbocycles. The first-order chi connectivity index (χ1) is 40.4. The lowest BCUT2D eigenvalue weighted by Crippen LogP contribution is -2.30. The summed E-state index contributed by atoms with van der Waals surface area (Å²) in [5.74, 6) is -0.701. The highest BCUT2D eigenvalue weighted by Crippen LogP contribution is 2.45. The third kappa shape index (κ3) is 59.0. The highest BCUT2D eigenvalue weighted by Gasteiger charge is 2.30. The third-order valence-electron chi connectivity index (χ3n) is 15.0. The fourth-order valence-corrected chi connectivity index (χ4v) is 11.3. The van der Waals surface area contributed by atoms with Crippen LogP contribution in [-0.2, 0) is 65.4 Å². The van der Waals surface area contributed by atoms with Crippen molar-refractivity contribution in [1.29, 1.82) is 0 Å². The molecule has 0 amide bonds. The highest BCUT2D eigenvalue weighted by atomic mass is 31.2. The Labute approximate surface area is 511 Å². The second-order valence-corrected chi connectivity index (χ2v) is 27.4. The monoisotopic (exact) mass is 1240 g/mol. The zero-order chi connectivity index (χ0) is 62.2. The minimum Gasteiger partial charge on any atom is -0.462 e. The van der Waals surface area contributed by atoms with Gasteiger partial charge in [-0.05, 0) is 37.5 Å². The molecule has 17 nitrogen and oxygen atoms in total. The van der Waals surface area contributed by atoms with Gasteiger partial charge >= 0.3 is 39.5 Å². The Balaban J connectivity index is 5.24. The number of carbonyl (C=O) groups is 4. The minimum absolute atomic E-state index is 0.103. The third-order valence-corrected chi connectivity index (χ3v) is 16.9. The van der Waals surface area contributed by atoms with Crippen LogP contribution in [0.15, 0.2) is 0 Å². The topological polar surface area (TPSA) is 237 Å². The summed E-state index contributed by atoms with van der Waals surface area (Å²) >= 11 is 0. The molecule has 84 heavy (non-hydrogen) atoms. The standard InChI is InChI=1S/C65H126O17P2/c1-7-9-11-13-15-17-19-20-24-30-36-42-48-63(68)76-53-60(81-64(69)49-43-37-31-25-21-22-27-33-39-45-57(3)4)55-79-83(71,72)77-51-59(66)52-78-84(73,74)80-56-61(82-65(70)50-44-38-32-26-28-34-40-46-58(5)6)54-75-62(67)47-41-35-29-23-18-16-14-12-10-8-2/h57-61,66H,7-56H2,1-6H3,(H,71,72)(H,73,74)/t59-,60-,61-/m1/s1. The van der Waals surface area contributed by atoms with Gasteiger partial charge in [-0.2, -0.15) is 0 Å². The molecule has 0 heterocycles. The Morgan fingerprint density at radius 1 is 0.321 bits per heavy atom. The molecule has 498 valence electrons. The summed E-state index contributed by atoms with van der Waals surface area (Å²) in [6.45, 7) is 9.41. The van der Waals surface area contributed by atoms with Crippen molar-refractivity contribution in [3.8, 4) is 0 Å². The van der Waals surface area contributed by atoms with E-state index in [-0.39, 0.29) is 25.7 Å². The Kier molecular flexibility index (Phi) is 56.2. The van der Waals surface area contributed by atoms with Crippen LogP contribution in [-0.4, -0.2) is 96.7 Å². The number of carbonyl (C=O) groups excluding carboxylic acids is 4. The highest BCUT2D eigenvalue weighted by molar-refractivity contribution is 7.47. The second-order valence-electron chi connectivity index (χ2n) is 24.5. The van der Waals surface area contributed by atoms with Crippen molar-refractivity contribution < 1.29 is 80.2 Å². The maximum absolute atomic E-state index is 13.0. The normalized spacial score (nSPS) is 14.3. The Morgan fingerprint density at radius 3 is 0.810 bits per heavy atom. The molecule has 0 radical (unpaired) electrons. The summed E-state index contributed by atoms with van der Waals surface area (Å²) in [7, 11) is -9.89. The van der Waals surface area contributed by atoms with Crippen molar-refractivity contribution in [2.75, 3.05) is 39.6 Å². The lowest BCUT2D eigenvalue weighted by Gasteiger charge is -2.21. The van der Waals surface area contributed by atoms with Gasteiger partial charge in [-0.3, -0.25) is 37.3 Å². The largest absolute Gasteiger partial charge is 0.472 e. The predicted molar refractivity (Wildman–Crippen MR) is 335 cm³/mol. The number of esters is 4. The van der Waals surface area contributed by atoms with Crippen molar-refractivity contribution in [1.82, 2.24) is 0 Å². The molecule has 0 bridgehead atoms. The zero-order valence-corrected chi connectivity index (χ0v) is 56.0. The number of aliphatic hydroxyl groups is 1. The SMILES string of the molecule is CCCCCCCCCCCCCCC(=O)OC[C@H](COP(=O)(O)OC[C@@H](O)COP(=O)(O)OC[C@@H](COC(=O)CCCCCCCCCCCC)OC(=O)CCCCCCCCCC(C)C)OC(=O)CCCCCCCCCCCC(C)C. The lowest BCUT2D eigenvalue weighted by atomic mass is 10.0. The van der Waals surface area contributed by atoms with Gasteiger partial charge in [0.2, 0.25) is 0 Å². The Bertz CT molecular complexity index is 1650. The molecule has 19 heteroatoms. The summed E-state index contributed by atoms with van der Waals surface area (Å²) in [6, 6.07) is 0. The minimum atomic E-state index is -4.94. The Morgan fingerprint density at radius 2 is 0.548 bits per heavy atom. The van der Waals surface area contributed by atoms with Crippen molar-refractivity contribution >= 4 is 39.5 Å². The number of rotatable bonds is 64. The molecule has 0 aliphatic carbocycles. The van der Waals surface area contributed by atoms with Crippen LogP contribution >= 0.6 is 15.6 Å². The van der Waals surface area contributed by atoms with Gasteiger partial charge in [0.25, 0.3) is 0 Å². The molecule has 0 aliphatic rings. The second kappa shape index (κ2) is 57.5. The molecule has 0 saturated carbocycles. The van der Waals surface area contributed by atoms with Crippen molar-refractivity contribution in [2.24, 2.45) is 11.8 Å². The smallest absolute Gasteiger partial charge is 0.462 e. The zero-order valence-electron chi connectivity index (χ0n) is 54.2. The molecule has 0 aliphatic heterocycles. The van der Waals surface area contributed by atoms with Gasteiger partial charge in [0, 0.05) is 25.7 Å². The van der Waals surface area contributed by atoms with E-state index in [2.05, 4.69) is 41.5 Å². The fraction of sp³-hybridized carbons (Fsp3) is 0.938. The number of aliphatic hydroxyl groups excluding tert-OH is 1. The predicted octanol–water partition coefficient (Wildman–Crippen LogP) is 18.0. The number of phosphoric ester groups is 2. The van der Waals surface area contributed by atoms with Crippen molar-refractivity contribution in [2.45, 2.75) is 342 Å². The first kappa shape index (κ1) is 82.1. The van der Waals surface area contributed by atoms with E-state index in [4.69, 9.17) is 37.0 Å². The molecule has 3 N–H and O–H groups in total. The molecule has 5 atom stereocenters. The van der Waals surface area contributed by atoms with Crippen LogP contribution in [0.4, 0.5) is 0 Å². The van der Waals surface area contributed by atoms with E-state index < -0.39 is 97.5 Å². The van der Waals surface area contributed by atoms with Crippen LogP contribution in [0, 0.1) is 11.8 Å². The number of phosphoric acid groups is 2. The van der Waals surface area contributed by atoms with Crippen LogP contribution in [0.2, 0.25) is 0 Å². The Hall–Kier alpha value is -1.94. The van der Waals surface area contributed by atoms with Gasteiger partial charge < -0.3 is 33.8 Å². The van der Waals surface area contributed by atoms with Crippen LogP contribution in [0.1, 0.15) is 324 Å². The summed E-state index contributed by atoms with van der Waals surface area (Å²) in [5, 5.41) is 10.5. The first-order valence-corrected chi connectivity index (χ1v) is 37.0. The summed E-state index contributed by atoms with van der Waals surface area (Å²) < 4.78 is 68.0. The van der Waals surface area contributed by atoms with Gasteiger partial charge in [0.05, 0.1) is 26.4 Å².